The minimum atomic E-state index is -1.60. The first kappa shape index (κ1) is 49.0. The van der Waals surface area contributed by atoms with Crippen LogP contribution in [0.4, 0.5) is 34.1 Å². The normalized spacial score (nSPS) is 13.5. The maximum Gasteiger partial charge on any atom is 0.145 e. The van der Waals surface area contributed by atoms with Crippen LogP contribution in [-0.2, 0) is 16.2 Å². The minimum Gasteiger partial charge on any atom is -0.455 e. The van der Waals surface area contributed by atoms with Crippen LogP contribution in [0.5, 0.6) is 0 Å². The van der Waals surface area contributed by atoms with Crippen LogP contribution < -0.4 is 20.2 Å². The van der Waals surface area contributed by atoms with Gasteiger partial charge < -0.3 is 14.2 Å². The second kappa shape index (κ2) is 18.0. The summed E-state index contributed by atoms with van der Waals surface area (Å²) in [5.74, 6) is 0. The first-order valence-electron chi connectivity index (χ1n) is 26.5. The first-order chi connectivity index (χ1) is 35.2. The number of fused-ring (bicyclic) bond motifs is 7. The zero-order valence-electron chi connectivity index (χ0n) is 45.4. The summed E-state index contributed by atoms with van der Waals surface area (Å²) in [5.41, 5.74) is 17.4. The van der Waals surface area contributed by atoms with Crippen LogP contribution in [0, 0.1) is 0 Å². The number of rotatable bonds is 10. The van der Waals surface area contributed by atoms with Crippen molar-refractivity contribution in [2.45, 2.75) is 97.1 Å². The fraction of sp³-hybridized carbons (Fsp3) is 0.217. The SMILES string of the molecule is CC(C)(C)c1ccc(N(c2ccc([Si](C)(C)C)cc2)c2ccc3c(c2)C(c2ccccc2)(c2ccccc2)c2cc(N(c4ccc(C(C)(C)C)cc4)c4ccc([Si](C)(C)C)cc4)c4c(oc5ccccc54)c2-3)cc1. The van der Waals surface area contributed by atoms with Gasteiger partial charge in [0, 0.05) is 39.4 Å². The van der Waals surface area contributed by atoms with Crippen molar-refractivity contribution in [3.05, 3.63) is 240 Å². The van der Waals surface area contributed by atoms with E-state index < -0.39 is 21.6 Å². The highest BCUT2D eigenvalue weighted by Gasteiger charge is 2.49. The number of benzene rings is 9. The number of furan rings is 1. The third-order valence-corrected chi connectivity index (χ3v) is 19.7. The Kier molecular flexibility index (Phi) is 12.0. The standard InChI is InChI=1S/C69H70N2OSi2/c1-67(2,3)47-27-31-51(32-28-47)70(52-35-40-56(41-36-52)73(7,8)9)55-39-44-58-60(45-55)69(49-21-15-13-16-22-49,50-23-17-14-18-24-50)61-46-62(65-59-25-19-20-26-63(59)72-66(65)64(58)61)71(53-33-29-48(30-34-53)68(4,5)6)54-37-42-57(43-38-54)74(10,11)12/h13-46H,1-12H3. The van der Waals surface area contributed by atoms with E-state index in [0.717, 1.165) is 61.6 Å². The first-order valence-corrected chi connectivity index (χ1v) is 33.5. The van der Waals surface area contributed by atoms with Crippen molar-refractivity contribution in [2.75, 3.05) is 9.80 Å². The van der Waals surface area contributed by atoms with Crippen LogP contribution in [0.15, 0.2) is 211 Å². The summed E-state index contributed by atoms with van der Waals surface area (Å²) in [5, 5.41) is 5.07. The third-order valence-electron chi connectivity index (χ3n) is 15.6. The molecule has 0 saturated carbocycles. The Morgan fingerprint density at radius 3 is 1.28 bits per heavy atom. The molecule has 9 aromatic carbocycles. The summed E-state index contributed by atoms with van der Waals surface area (Å²) in [7, 11) is -3.17. The quantitative estimate of drug-likeness (QED) is 0.127. The van der Waals surface area contributed by atoms with Gasteiger partial charge in [0.05, 0.1) is 32.6 Å². The fourth-order valence-corrected chi connectivity index (χ4v) is 13.8. The Balaban J connectivity index is 1.25. The van der Waals surface area contributed by atoms with Crippen molar-refractivity contribution in [2.24, 2.45) is 0 Å². The van der Waals surface area contributed by atoms with Gasteiger partial charge in [0.1, 0.15) is 11.2 Å². The summed E-state index contributed by atoms with van der Waals surface area (Å²) in [4.78, 5) is 4.95. The van der Waals surface area contributed by atoms with E-state index in [9.17, 15) is 0 Å². The number of hydrogen-bond donors (Lipinski definition) is 0. The molecule has 0 saturated heterocycles. The highest BCUT2D eigenvalue weighted by atomic mass is 28.3. The van der Waals surface area contributed by atoms with Crippen molar-refractivity contribution in [1.29, 1.82) is 0 Å². The number of hydrogen-bond acceptors (Lipinski definition) is 3. The van der Waals surface area contributed by atoms with E-state index in [-0.39, 0.29) is 10.8 Å². The number of anilines is 6. The van der Waals surface area contributed by atoms with Crippen LogP contribution >= 0.6 is 0 Å². The summed E-state index contributed by atoms with van der Waals surface area (Å²) >= 11 is 0. The molecule has 1 heterocycles. The molecule has 0 radical (unpaired) electrons. The van der Waals surface area contributed by atoms with Gasteiger partial charge in [-0.2, -0.15) is 0 Å². The van der Waals surface area contributed by atoms with E-state index in [4.69, 9.17) is 4.42 Å². The van der Waals surface area contributed by atoms with Crippen LogP contribution in [0.25, 0.3) is 33.1 Å². The lowest BCUT2D eigenvalue weighted by atomic mass is 9.67. The van der Waals surface area contributed by atoms with Crippen molar-refractivity contribution in [3.8, 4) is 11.1 Å². The summed E-state index contributed by atoms with van der Waals surface area (Å²) in [6.07, 6.45) is 0. The van der Waals surface area contributed by atoms with E-state index in [1.165, 1.54) is 49.3 Å². The van der Waals surface area contributed by atoms with E-state index >= 15 is 0 Å². The molecule has 0 spiro atoms. The average Bonchev–Trinajstić information content (AvgIpc) is 3.96. The van der Waals surface area contributed by atoms with Crippen molar-refractivity contribution >= 4 is 82.6 Å². The minimum absolute atomic E-state index is 0.00241. The Bertz CT molecular complexity index is 3510. The van der Waals surface area contributed by atoms with Gasteiger partial charge >= 0.3 is 0 Å². The van der Waals surface area contributed by atoms with Gasteiger partial charge in [-0.15, -0.1) is 0 Å². The Hall–Kier alpha value is -7.19. The molecule has 1 aromatic heterocycles. The summed E-state index contributed by atoms with van der Waals surface area (Å²) < 4.78 is 7.37. The lowest BCUT2D eigenvalue weighted by Crippen LogP contribution is -2.37. The molecule has 0 fully saturated rings. The molecule has 0 aliphatic heterocycles. The molecule has 1 aliphatic rings. The van der Waals surface area contributed by atoms with Gasteiger partial charge in [-0.05, 0) is 123 Å². The maximum absolute atomic E-state index is 7.37. The second-order valence-electron chi connectivity index (χ2n) is 24.7. The maximum atomic E-state index is 7.37. The van der Waals surface area contributed by atoms with E-state index in [2.05, 4.69) is 297 Å². The summed E-state index contributed by atoms with van der Waals surface area (Å²) in [6, 6.07) is 78.1. The van der Waals surface area contributed by atoms with E-state index in [1.54, 1.807) is 0 Å². The lowest BCUT2D eigenvalue weighted by Gasteiger charge is -2.36. The second-order valence-corrected chi connectivity index (χ2v) is 34.8. The zero-order valence-corrected chi connectivity index (χ0v) is 47.4. The predicted molar refractivity (Wildman–Crippen MR) is 324 cm³/mol. The van der Waals surface area contributed by atoms with E-state index in [1.807, 2.05) is 0 Å². The van der Waals surface area contributed by atoms with Crippen LogP contribution in [0.2, 0.25) is 39.3 Å². The molecule has 1 aliphatic carbocycles. The number of nitrogens with zero attached hydrogens (tertiary/aromatic N) is 2. The molecule has 0 unspecified atom stereocenters. The molecule has 0 N–H and O–H groups in total. The lowest BCUT2D eigenvalue weighted by molar-refractivity contribution is 0.590. The smallest absolute Gasteiger partial charge is 0.145 e. The monoisotopic (exact) mass is 999 g/mol. The molecule has 0 bridgehead atoms. The predicted octanol–water partition coefficient (Wildman–Crippen LogP) is 18.6. The van der Waals surface area contributed by atoms with Crippen molar-refractivity contribution in [3.63, 3.8) is 0 Å². The molecular formula is C69H70N2OSi2. The molecule has 0 atom stereocenters. The van der Waals surface area contributed by atoms with Gasteiger partial charge in [-0.3, -0.25) is 0 Å². The largest absolute Gasteiger partial charge is 0.455 e. The molecule has 74 heavy (non-hydrogen) atoms. The highest BCUT2D eigenvalue weighted by Crippen LogP contribution is 2.61. The number of para-hydroxylation sites is 1. The zero-order chi connectivity index (χ0) is 52.0. The Morgan fingerprint density at radius 2 is 0.824 bits per heavy atom. The molecule has 10 aromatic rings. The Morgan fingerprint density at radius 1 is 0.405 bits per heavy atom. The van der Waals surface area contributed by atoms with Gasteiger partial charge in [-0.25, -0.2) is 0 Å². The van der Waals surface area contributed by atoms with Crippen LogP contribution in [0.3, 0.4) is 0 Å². The molecule has 5 heteroatoms. The third kappa shape index (κ3) is 8.44. The molecule has 0 amide bonds. The van der Waals surface area contributed by atoms with Gasteiger partial charge in [0.2, 0.25) is 0 Å². The van der Waals surface area contributed by atoms with Crippen LogP contribution in [-0.4, -0.2) is 16.1 Å². The van der Waals surface area contributed by atoms with Crippen molar-refractivity contribution in [1.82, 2.24) is 0 Å². The van der Waals surface area contributed by atoms with Gasteiger partial charge in [-0.1, -0.05) is 225 Å². The highest BCUT2D eigenvalue weighted by molar-refractivity contribution is 6.89. The molecule has 370 valence electrons. The molecule has 3 nitrogen and oxygen atoms in total. The van der Waals surface area contributed by atoms with Crippen LogP contribution in [0.1, 0.15) is 74.9 Å². The Labute approximate surface area is 442 Å². The average molecular weight is 1000 g/mol. The van der Waals surface area contributed by atoms with Gasteiger partial charge in [0.15, 0.2) is 0 Å². The van der Waals surface area contributed by atoms with Gasteiger partial charge in [0.25, 0.3) is 0 Å². The molecule has 11 rings (SSSR count). The van der Waals surface area contributed by atoms with E-state index in [0.29, 0.717) is 0 Å². The summed E-state index contributed by atoms with van der Waals surface area (Å²) in [6.45, 7) is 28.3. The fourth-order valence-electron chi connectivity index (χ4n) is 11.4. The van der Waals surface area contributed by atoms with Crippen molar-refractivity contribution < 1.29 is 4.42 Å². The molecular weight excluding hydrogens is 929 g/mol. The topological polar surface area (TPSA) is 19.6 Å².